The summed E-state index contributed by atoms with van der Waals surface area (Å²) in [7, 11) is 0. The van der Waals surface area contributed by atoms with Crippen LogP contribution in [0.1, 0.15) is 40.0 Å². The smallest absolute Gasteiger partial charge is 0.107 e. The SMILES string of the molecule is C=C1[C@@H]2[C@@H](O)[C@H](O)C(C)(C)[C@@]2(O)[C@H](O)C[C@@]23C=C(C)[C@H](CC[C@@H]12)[C@@H]3O. The van der Waals surface area contributed by atoms with Crippen molar-refractivity contribution in [3.05, 3.63) is 23.8 Å². The summed E-state index contributed by atoms with van der Waals surface area (Å²) in [4.78, 5) is 0. The van der Waals surface area contributed by atoms with Crippen LogP contribution in [0.3, 0.4) is 0 Å². The van der Waals surface area contributed by atoms with Gasteiger partial charge in [0.1, 0.15) is 5.60 Å². The van der Waals surface area contributed by atoms with Crippen molar-refractivity contribution in [2.24, 2.45) is 28.6 Å². The van der Waals surface area contributed by atoms with Gasteiger partial charge in [0.25, 0.3) is 0 Å². The van der Waals surface area contributed by atoms with E-state index >= 15 is 0 Å². The monoisotopic (exact) mass is 350 g/mol. The van der Waals surface area contributed by atoms with Crippen molar-refractivity contribution < 1.29 is 25.5 Å². The van der Waals surface area contributed by atoms with Gasteiger partial charge >= 0.3 is 0 Å². The molecule has 4 aliphatic carbocycles. The number of hydrogen-bond donors (Lipinski definition) is 5. The molecule has 4 aliphatic rings. The Balaban J connectivity index is 1.90. The molecule has 2 bridgehead atoms. The lowest BCUT2D eigenvalue weighted by Gasteiger charge is -2.46. The number of aliphatic hydroxyl groups excluding tert-OH is 4. The average molecular weight is 350 g/mol. The maximum Gasteiger partial charge on any atom is 0.107 e. The molecule has 0 aromatic rings. The molecule has 3 fully saturated rings. The normalized spacial score (nSPS) is 56.9. The topological polar surface area (TPSA) is 101 Å². The first-order chi connectivity index (χ1) is 11.5. The molecule has 140 valence electrons. The standard InChI is InChI=1S/C20H30O5/c1-9-7-19-8-13(21)20(25)14(15(22)17(24)18(20,3)4)10(2)12(19)6-5-11(9)16(19)23/h7,11-17,21-25H,2,5-6,8H2,1,3-4H3/t11-,12-,13+,14+,15+,16-,17-,19-,20+/m0/s1. The quantitative estimate of drug-likeness (QED) is 0.415. The van der Waals surface area contributed by atoms with Crippen LogP contribution in [0.2, 0.25) is 0 Å². The van der Waals surface area contributed by atoms with E-state index in [-0.39, 0.29) is 18.3 Å². The molecule has 0 aromatic heterocycles. The Bertz CT molecular complexity index is 654. The van der Waals surface area contributed by atoms with Crippen molar-refractivity contribution in [3.8, 4) is 0 Å². The molecule has 5 N–H and O–H groups in total. The Hall–Kier alpha value is -0.720. The molecule has 0 unspecified atom stereocenters. The molecule has 3 saturated carbocycles. The van der Waals surface area contributed by atoms with Crippen LogP contribution in [-0.2, 0) is 0 Å². The van der Waals surface area contributed by atoms with Gasteiger partial charge in [-0.05, 0) is 32.1 Å². The van der Waals surface area contributed by atoms with E-state index in [0.717, 1.165) is 18.4 Å². The highest BCUT2D eigenvalue weighted by Crippen LogP contribution is 2.66. The Morgan fingerprint density at radius 1 is 1.08 bits per heavy atom. The third-order valence-corrected chi connectivity index (χ3v) is 8.24. The Labute approximate surface area is 148 Å². The predicted molar refractivity (Wildman–Crippen MR) is 92.4 cm³/mol. The molecule has 25 heavy (non-hydrogen) atoms. The van der Waals surface area contributed by atoms with E-state index in [1.54, 1.807) is 13.8 Å². The molecule has 5 heteroatoms. The minimum Gasteiger partial charge on any atom is -0.392 e. The number of hydrogen-bond acceptors (Lipinski definition) is 5. The molecule has 0 aromatic carbocycles. The van der Waals surface area contributed by atoms with Crippen molar-refractivity contribution in [1.29, 1.82) is 0 Å². The molecule has 4 rings (SSSR count). The van der Waals surface area contributed by atoms with Crippen LogP contribution in [0.25, 0.3) is 0 Å². The van der Waals surface area contributed by atoms with Gasteiger partial charge in [0.2, 0.25) is 0 Å². The third kappa shape index (κ3) is 1.77. The van der Waals surface area contributed by atoms with Crippen LogP contribution >= 0.6 is 0 Å². The Morgan fingerprint density at radius 3 is 2.36 bits per heavy atom. The van der Waals surface area contributed by atoms with Crippen LogP contribution < -0.4 is 0 Å². The van der Waals surface area contributed by atoms with Gasteiger partial charge in [-0.1, -0.05) is 37.6 Å². The van der Waals surface area contributed by atoms with E-state index in [1.165, 1.54) is 0 Å². The highest BCUT2D eigenvalue weighted by atomic mass is 16.4. The van der Waals surface area contributed by atoms with Crippen molar-refractivity contribution in [3.63, 3.8) is 0 Å². The Kier molecular flexibility index (Phi) is 3.51. The average Bonchev–Trinajstić information content (AvgIpc) is 2.73. The minimum atomic E-state index is -1.69. The molecular weight excluding hydrogens is 320 g/mol. The summed E-state index contributed by atoms with van der Waals surface area (Å²) in [6.07, 6.45) is -0.184. The second-order valence-electron chi connectivity index (χ2n) is 9.44. The maximum absolute atomic E-state index is 11.6. The lowest BCUT2D eigenvalue weighted by Crippen LogP contribution is -2.57. The van der Waals surface area contributed by atoms with Gasteiger partial charge in [-0.15, -0.1) is 0 Å². The van der Waals surface area contributed by atoms with Gasteiger partial charge in [0.15, 0.2) is 0 Å². The third-order valence-electron chi connectivity index (χ3n) is 8.24. The summed E-state index contributed by atoms with van der Waals surface area (Å²) in [6, 6.07) is 0. The number of aliphatic hydroxyl groups is 5. The molecule has 9 atom stereocenters. The summed E-state index contributed by atoms with van der Waals surface area (Å²) < 4.78 is 0. The highest BCUT2D eigenvalue weighted by Gasteiger charge is 2.72. The van der Waals surface area contributed by atoms with Crippen molar-refractivity contribution in [1.82, 2.24) is 0 Å². The van der Waals surface area contributed by atoms with Crippen molar-refractivity contribution >= 4 is 0 Å². The molecule has 0 heterocycles. The summed E-state index contributed by atoms with van der Waals surface area (Å²) in [5.41, 5.74) is -1.64. The first kappa shape index (κ1) is 17.7. The zero-order chi connectivity index (χ0) is 18.5. The molecule has 0 aliphatic heterocycles. The first-order valence-electron chi connectivity index (χ1n) is 9.33. The van der Waals surface area contributed by atoms with Crippen LogP contribution in [0.15, 0.2) is 23.8 Å². The molecule has 0 saturated heterocycles. The van der Waals surface area contributed by atoms with Gasteiger partial charge < -0.3 is 25.5 Å². The van der Waals surface area contributed by atoms with E-state index in [1.807, 2.05) is 6.92 Å². The molecule has 1 spiro atoms. The Morgan fingerprint density at radius 2 is 1.72 bits per heavy atom. The first-order valence-corrected chi connectivity index (χ1v) is 9.33. The molecular formula is C20H30O5. The fourth-order valence-corrected chi connectivity index (χ4v) is 6.75. The van der Waals surface area contributed by atoms with Crippen LogP contribution in [-0.4, -0.2) is 55.5 Å². The second-order valence-corrected chi connectivity index (χ2v) is 9.44. The largest absolute Gasteiger partial charge is 0.392 e. The van der Waals surface area contributed by atoms with Gasteiger partial charge in [-0.2, -0.15) is 0 Å². The lowest BCUT2D eigenvalue weighted by molar-refractivity contribution is -0.171. The fraction of sp³-hybridized carbons (Fsp3) is 0.800. The second kappa shape index (κ2) is 4.96. The van der Waals surface area contributed by atoms with E-state index in [4.69, 9.17) is 0 Å². The fourth-order valence-electron chi connectivity index (χ4n) is 6.75. The molecule has 0 amide bonds. The van der Waals surface area contributed by atoms with Gasteiger partial charge in [-0.25, -0.2) is 0 Å². The van der Waals surface area contributed by atoms with E-state index < -0.39 is 46.8 Å². The molecule has 5 nitrogen and oxygen atoms in total. The summed E-state index contributed by atoms with van der Waals surface area (Å²) in [5.74, 6) is -0.845. The van der Waals surface area contributed by atoms with Crippen LogP contribution in [0, 0.1) is 28.6 Å². The van der Waals surface area contributed by atoms with Gasteiger partial charge in [-0.3, -0.25) is 0 Å². The summed E-state index contributed by atoms with van der Waals surface area (Å²) in [5, 5.41) is 55.0. The van der Waals surface area contributed by atoms with Gasteiger partial charge in [0.05, 0.1) is 24.4 Å². The van der Waals surface area contributed by atoms with Crippen LogP contribution in [0.5, 0.6) is 0 Å². The predicted octanol–water partition coefficient (Wildman–Crippen LogP) is 0.749. The number of rotatable bonds is 0. The van der Waals surface area contributed by atoms with E-state index in [9.17, 15) is 25.5 Å². The minimum absolute atomic E-state index is 0.0901. The van der Waals surface area contributed by atoms with Gasteiger partial charge in [0, 0.05) is 22.7 Å². The summed E-state index contributed by atoms with van der Waals surface area (Å²) in [6.45, 7) is 9.60. The van der Waals surface area contributed by atoms with Crippen molar-refractivity contribution in [2.75, 3.05) is 0 Å². The lowest BCUT2D eigenvalue weighted by atomic mass is 9.60. The zero-order valence-corrected chi connectivity index (χ0v) is 15.2. The van der Waals surface area contributed by atoms with E-state index in [0.29, 0.717) is 5.57 Å². The maximum atomic E-state index is 11.6. The van der Waals surface area contributed by atoms with Crippen molar-refractivity contribution in [2.45, 2.75) is 70.1 Å². The van der Waals surface area contributed by atoms with E-state index in [2.05, 4.69) is 12.7 Å². The summed E-state index contributed by atoms with van der Waals surface area (Å²) >= 11 is 0. The zero-order valence-electron chi connectivity index (χ0n) is 15.2. The van der Waals surface area contributed by atoms with Crippen LogP contribution in [0.4, 0.5) is 0 Å². The molecule has 0 radical (unpaired) electrons. The highest BCUT2D eigenvalue weighted by molar-refractivity contribution is 5.38. The number of fused-ring (bicyclic) bond motifs is 2.